The van der Waals surface area contributed by atoms with Crippen LogP contribution in [-0.2, 0) is 6.42 Å². The van der Waals surface area contributed by atoms with Crippen LogP contribution in [0.15, 0.2) is 18.2 Å². The van der Waals surface area contributed by atoms with Gasteiger partial charge in [-0.2, -0.15) is 0 Å². The van der Waals surface area contributed by atoms with Crippen LogP contribution in [0.4, 0.5) is 0 Å². The Labute approximate surface area is 129 Å². The zero-order valence-electron chi connectivity index (χ0n) is 13.9. The standard InChI is InChI=1S/C19H29NO/c1-18(2)10-13(11-19(3,4)12-18)20-16-9-8-15-14(16)6-5-7-17(15)21/h5-7,13,16,20-21H,8-12H2,1-4H3. The molecule has 0 radical (unpaired) electrons. The van der Waals surface area contributed by atoms with Gasteiger partial charge in [-0.25, -0.2) is 0 Å². The van der Waals surface area contributed by atoms with Gasteiger partial charge < -0.3 is 10.4 Å². The lowest BCUT2D eigenvalue weighted by molar-refractivity contribution is 0.0802. The van der Waals surface area contributed by atoms with Crippen molar-refractivity contribution < 1.29 is 5.11 Å². The van der Waals surface area contributed by atoms with Gasteiger partial charge >= 0.3 is 0 Å². The number of benzene rings is 1. The summed E-state index contributed by atoms with van der Waals surface area (Å²) in [6, 6.07) is 6.97. The maximum absolute atomic E-state index is 9.99. The summed E-state index contributed by atoms with van der Waals surface area (Å²) in [5.74, 6) is 0.473. The van der Waals surface area contributed by atoms with E-state index in [0.29, 0.717) is 28.7 Å². The van der Waals surface area contributed by atoms with E-state index in [2.05, 4.69) is 39.1 Å². The summed E-state index contributed by atoms with van der Waals surface area (Å²) in [5, 5.41) is 13.9. The normalized spacial score (nSPS) is 27.5. The third-order valence-electron chi connectivity index (χ3n) is 5.24. The molecule has 1 aromatic rings. The molecule has 0 saturated heterocycles. The lowest BCUT2D eigenvalue weighted by Gasteiger charge is -2.46. The first-order valence-electron chi connectivity index (χ1n) is 8.33. The Morgan fingerprint density at radius 3 is 2.43 bits per heavy atom. The van der Waals surface area contributed by atoms with Crippen LogP contribution in [0.1, 0.15) is 70.5 Å². The van der Waals surface area contributed by atoms with Crippen molar-refractivity contribution in [1.82, 2.24) is 5.32 Å². The van der Waals surface area contributed by atoms with Crippen LogP contribution in [0.5, 0.6) is 5.75 Å². The van der Waals surface area contributed by atoms with Gasteiger partial charge in [0.25, 0.3) is 0 Å². The van der Waals surface area contributed by atoms with E-state index in [1.54, 1.807) is 0 Å². The Morgan fingerprint density at radius 2 is 1.76 bits per heavy atom. The Bertz CT molecular complexity index is 516. The molecule has 1 fully saturated rings. The summed E-state index contributed by atoms with van der Waals surface area (Å²) in [6.07, 6.45) is 5.92. The van der Waals surface area contributed by atoms with E-state index in [9.17, 15) is 5.11 Å². The fourth-order valence-corrected chi connectivity index (χ4v) is 5.06. The molecular formula is C19H29NO. The van der Waals surface area contributed by atoms with Gasteiger partial charge in [-0.3, -0.25) is 0 Å². The average molecular weight is 287 g/mol. The van der Waals surface area contributed by atoms with E-state index in [-0.39, 0.29) is 0 Å². The number of fused-ring (bicyclic) bond motifs is 1. The summed E-state index contributed by atoms with van der Waals surface area (Å²) in [4.78, 5) is 0. The molecule has 0 aromatic heterocycles. The van der Waals surface area contributed by atoms with Crippen LogP contribution in [0.3, 0.4) is 0 Å². The van der Waals surface area contributed by atoms with E-state index in [0.717, 1.165) is 18.4 Å². The Hall–Kier alpha value is -1.02. The largest absolute Gasteiger partial charge is 0.508 e. The van der Waals surface area contributed by atoms with Gasteiger partial charge in [0.2, 0.25) is 0 Å². The fourth-order valence-electron chi connectivity index (χ4n) is 5.06. The molecule has 1 saturated carbocycles. The molecule has 2 N–H and O–H groups in total. The molecule has 1 unspecified atom stereocenters. The molecule has 1 atom stereocenters. The molecule has 0 aliphatic heterocycles. The van der Waals surface area contributed by atoms with Gasteiger partial charge in [0, 0.05) is 12.1 Å². The molecule has 116 valence electrons. The minimum absolute atomic E-state index is 0.416. The molecule has 21 heavy (non-hydrogen) atoms. The van der Waals surface area contributed by atoms with E-state index >= 15 is 0 Å². The van der Waals surface area contributed by atoms with E-state index in [4.69, 9.17) is 0 Å². The molecule has 0 amide bonds. The van der Waals surface area contributed by atoms with Crippen molar-refractivity contribution in [2.45, 2.75) is 71.9 Å². The maximum Gasteiger partial charge on any atom is 0.119 e. The predicted molar refractivity (Wildman–Crippen MR) is 87.5 cm³/mol. The van der Waals surface area contributed by atoms with Crippen LogP contribution in [0.25, 0.3) is 0 Å². The van der Waals surface area contributed by atoms with Crippen molar-refractivity contribution in [3.05, 3.63) is 29.3 Å². The number of phenolic OH excluding ortho intramolecular Hbond substituents is 1. The number of aromatic hydroxyl groups is 1. The highest BCUT2D eigenvalue weighted by molar-refractivity contribution is 5.44. The van der Waals surface area contributed by atoms with E-state index in [1.807, 2.05) is 12.1 Å². The molecule has 0 spiro atoms. The molecule has 1 aromatic carbocycles. The summed E-state index contributed by atoms with van der Waals surface area (Å²) >= 11 is 0. The summed E-state index contributed by atoms with van der Waals surface area (Å²) in [5.41, 5.74) is 3.31. The highest BCUT2D eigenvalue weighted by Gasteiger charge is 2.39. The third kappa shape index (κ3) is 3.11. The average Bonchev–Trinajstić information content (AvgIpc) is 2.70. The highest BCUT2D eigenvalue weighted by Crippen LogP contribution is 2.47. The molecule has 2 nitrogen and oxygen atoms in total. The first kappa shape index (κ1) is 14.9. The molecule has 0 bridgehead atoms. The summed E-state index contributed by atoms with van der Waals surface area (Å²) in [7, 11) is 0. The molecular weight excluding hydrogens is 258 g/mol. The van der Waals surface area contributed by atoms with Gasteiger partial charge in [-0.15, -0.1) is 0 Å². The van der Waals surface area contributed by atoms with Crippen molar-refractivity contribution in [3.63, 3.8) is 0 Å². The van der Waals surface area contributed by atoms with Crippen molar-refractivity contribution in [1.29, 1.82) is 0 Å². The number of phenols is 1. The zero-order chi connectivity index (χ0) is 15.3. The van der Waals surface area contributed by atoms with Gasteiger partial charge in [-0.1, -0.05) is 39.8 Å². The molecule has 3 rings (SSSR count). The van der Waals surface area contributed by atoms with Crippen LogP contribution < -0.4 is 5.32 Å². The first-order chi connectivity index (χ1) is 9.76. The van der Waals surface area contributed by atoms with Crippen LogP contribution in [0, 0.1) is 10.8 Å². The molecule has 2 aliphatic rings. The third-order valence-corrected chi connectivity index (χ3v) is 5.24. The monoisotopic (exact) mass is 287 g/mol. The summed E-state index contributed by atoms with van der Waals surface area (Å²) < 4.78 is 0. The van der Waals surface area contributed by atoms with Crippen LogP contribution >= 0.6 is 0 Å². The van der Waals surface area contributed by atoms with Crippen molar-refractivity contribution >= 4 is 0 Å². The van der Waals surface area contributed by atoms with Gasteiger partial charge in [0.15, 0.2) is 0 Å². The molecule has 2 aliphatic carbocycles. The smallest absolute Gasteiger partial charge is 0.119 e. The SMILES string of the molecule is CC1(C)CC(NC2CCc3c(O)cccc32)CC(C)(C)C1. The van der Waals surface area contributed by atoms with Crippen LogP contribution in [0.2, 0.25) is 0 Å². The second-order valence-corrected chi connectivity index (χ2v) is 8.71. The van der Waals surface area contributed by atoms with Gasteiger partial charge in [-0.05, 0) is 60.1 Å². The first-order valence-corrected chi connectivity index (χ1v) is 8.33. The van der Waals surface area contributed by atoms with E-state index < -0.39 is 0 Å². The van der Waals surface area contributed by atoms with Crippen molar-refractivity contribution in [3.8, 4) is 5.75 Å². The molecule has 2 heteroatoms. The fraction of sp³-hybridized carbons (Fsp3) is 0.684. The maximum atomic E-state index is 9.99. The number of rotatable bonds is 2. The Kier molecular flexibility index (Phi) is 3.56. The predicted octanol–water partition coefficient (Wildman–Crippen LogP) is 4.57. The lowest BCUT2D eigenvalue weighted by Crippen LogP contribution is -2.44. The molecule has 0 heterocycles. The second kappa shape index (κ2) is 5.01. The lowest BCUT2D eigenvalue weighted by atomic mass is 9.63. The minimum Gasteiger partial charge on any atom is -0.508 e. The van der Waals surface area contributed by atoms with E-state index in [1.165, 1.54) is 24.8 Å². The number of hydrogen-bond donors (Lipinski definition) is 2. The topological polar surface area (TPSA) is 32.3 Å². The quantitative estimate of drug-likeness (QED) is 0.835. The Morgan fingerprint density at radius 1 is 1.10 bits per heavy atom. The minimum atomic E-state index is 0.416. The Balaban J connectivity index is 1.75. The summed E-state index contributed by atoms with van der Waals surface area (Å²) in [6.45, 7) is 9.60. The van der Waals surface area contributed by atoms with Gasteiger partial charge in [0.05, 0.1) is 0 Å². The second-order valence-electron chi connectivity index (χ2n) is 8.71. The number of nitrogens with one attached hydrogen (secondary N) is 1. The van der Waals surface area contributed by atoms with Gasteiger partial charge in [0.1, 0.15) is 5.75 Å². The zero-order valence-corrected chi connectivity index (χ0v) is 13.9. The van der Waals surface area contributed by atoms with Crippen molar-refractivity contribution in [2.75, 3.05) is 0 Å². The highest BCUT2D eigenvalue weighted by atomic mass is 16.3. The van der Waals surface area contributed by atoms with Crippen molar-refractivity contribution in [2.24, 2.45) is 10.8 Å². The number of hydrogen-bond acceptors (Lipinski definition) is 2. The van der Waals surface area contributed by atoms with Crippen LogP contribution in [-0.4, -0.2) is 11.1 Å².